The number of alkyl halides is 1. The minimum Gasteiger partial charge on any atom is -0.460 e. The monoisotopic (exact) mass is 620 g/mol. The lowest BCUT2D eigenvalue weighted by atomic mass is 10.1. The third-order valence-electron chi connectivity index (χ3n) is 6.30. The molecule has 1 saturated heterocycles. The van der Waals surface area contributed by atoms with E-state index in [0.29, 0.717) is 0 Å². The molecule has 0 aliphatic carbocycles. The summed E-state index contributed by atoms with van der Waals surface area (Å²) in [7, 11) is -4.32. The lowest BCUT2D eigenvalue weighted by Gasteiger charge is -2.24. The quantitative estimate of drug-likeness (QED) is 0.127. The molecule has 4 aromatic rings. The molecule has 0 spiro atoms. The van der Waals surface area contributed by atoms with Crippen LogP contribution in [0.4, 0.5) is 10.2 Å². The van der Waals surface area contributed by atoms with E-state index in [1.165, 1.54) is 30.0 Å². The Morgan fingerprint density at radius 3 is 2.62 bits per heavy atom. The summed E-state index contributed by atoms with van der Waals surface area (Å²) in [4.78, 5) is 24.6. The number of aliphatic hydroxyl groups excluding tert-OH is 1. The fraction of sp³-hybridized carbons (Fsp3) is 0.308. The average Bonchev–Trinajstić information content (AvgIpc) is 3.52. The Morgan fingerprint density at radius 1 is 1.21 bits per heavy atom. The van der Waals surface area contributed by atoms with Gasteiger partial charge in [-0.05, 0) is 36.2 Å². The number of aliphatic hydroxyl groups is 1. The maximum absolute atomic E-state index is 15.3. The van der Waals surface area contributed by atoms with Gasteiger partial charge in [0.2, 0.25) is 5.28 Å². The minimum absolute atomic E-state index is 0.00247. The highest BCUT2D eigenvalue weighted by Crippen LogP contribution is 2.46. The van der Waals surface area contributed by atoms with Crippen molar-refractivity contribution in [2.45, 2.75) is 44.2 Å². The zero-order chi connectivity index (χ0) is 29.9. The first kappa shape index (κ1) is 29.8. The number of aromatic nitrogens is 4. The van der Waals surface area contributed by atoms with E-state index < -0.39 is 51.0 Å². The Kier molecular flexibility index (Phi) is 9.02. The van der Waals surface area contributed by atoms with Gasteiger partial charge >= 0.3 is 13.7 Å². The minimum atomic E-state index is -4.32. The molecule has 0 saturated carbocycles. The largest absolute Gasteiger partial charge is 0.460 e. The van der Waals surface area contributed by atoms with Crippen LogP contribution in [-0.2, 0) is 30.0 Å². The molecular weight excluding hydrogens is 594 g/mol. The van der Waals surface area contributed by atoms with Gasteiger partial charge in [-0.3, -0.25) is 13.9 Å². The number of halogens is 2. The van der Waals surface area contributed by atoms with Crippen LogP contribution in [0.25, 0.3) is 11.2 Å². The number of hydrogen-bond donors (Lipinski definition) is 3. The van der Waals surface area contributed by atoms with Gasteiger partial charge in [0, 0.05) is 0 Å². The molecule has 3 heterocycles. The van der Waals surface area contributed by atoms with Crippen molar-refractivity contribution in [2.24, 2.45) is 0 Å². The van der Waals surface area contributed by atoms with Crippen molar-refractivity contribution in [1.29, 1.82) is 0 Å². The van der Waals surface area contributed by atoms with Gasteiger partial charge in [-0.25, -0.2) is 13.9 Å². The van der Waals surface area contributed by atoms with E-state index in [1.54, 1.807) is 42.5 Å². The van der Waals surface area contributed by atoms with Crippen molar-refractivity contribution < 1.29 is 37.4 Å². The van der Waals surface area contributed by atoms with Gasteiger partial charge in [0.05, 0.1) is 12.9 Å². The summed E-state index contributed by atoms with van der Waals surface area (Å²) < 4.78 is 52.6. The second kappa shape index (κ2) is 12.7. The number of para-hydroxylation sites is 1. The molecule has 1 aliphatic heterocycles. The van der Waals surface area contributed by atoms with Crippen molar-refractivity contribution in [2.75, 3.05) is 12.3 Å². The van der Waals surface area contributed by atoms with Gasteiger partial charge in [0.25, 0.3) is 0 Å². The molecule has 42 heavy (non-hydrogen) atoms. The van der Waals surface area contributed by atoms with E-state index in [1.807, 2.05) is 6.07 Å². The molecule has 13 nitrogen and oxygen atoms in total. The summed E-state index contributed by atoms with van der Waals surface area (Å²) in [5.41, 5.74) is 6.86. The molecule has 1 fully saturated rings. The smallest absolute Gasteiger partial charge is 0.459 e. The molecule has 16 heteroatoms. The number of hydrogen-bond acceptors (Lipinski definition) is 11. The number of benzene rings is 2. The molecule has 0 radical (unpaired) electrons. The van der Waals surface area contributed by atoms with Gasteiger partial charge in [0.15, 0.2) is 23.9 Å². The third-order valence-corrected chi connectivity index (χ3v) is 8.11. The van der Waals surface area contributed by atoms with Crippen LogP contribution in [0.5, 0.6) is 5.75 Å². The molecule has 3 unspecified atom stereocenters. The van der Waals surface area contributed by atoms with Crippen LogP contribution in [0.15, 0.2) is 67.0 Å². The maximum atomic E-state index is 15.3. The predicted octanol–water partition coefficient (Wildman–Crippen LogP) is 3.58. The standard InChI is InChI=1S/C26H27ClFN6O7P/c1-15(25(36)38-12-16-8-4-2-5-9-16)33-42(37,41-17-10-6-3-7-11-17)39-13-18-21(35)19(28)24(40-18)34-14-30-20-22(29)31-26(27)32-23(20)34/h2-11,14-15,18-19,21,24,35H,12-13H2,1H3,(H,33,37)(H2,29,31,32)/t15-,18+,19?,21?,24+,42?/m0/s1. The summed E-state index contributed by atoms with van der Waals surface area (Å²) in [6, 6.07) is 16.0. The SMILES string of the molecule is C[C@H](NP(=O)(OC[C@H]1O[C@@H](n2cnc3c(N)nc(Cl)nc32)C(F)C1O)Oc1ccccc1)C(=O)OCc1ccccc1. The van der Waals surface area contributed by atoms with E-state index in [4.69, 9.17) is 35.9 Å². The molecule has 2 aromatic heterocycles. The molecule has 2 aromatic carbocycles. The fourth-order valence-corrected chi connectivity index (χ4v) is 5.86. The van der Waals surface area contributed by atoms with Crippen molar-refractivity contribution >= 4 is 42.3 Å². The maximum Gasteiger partial charge on any atom is 0.459 e. The van der Waals surface area contributed by atoms with E-state index in [0.717, 1.165) is 5.56 Å². The first-order chi connectivity index (χ1) is 20.1. The molecule has 0 bridgehead atoms. The summed E-state index contributed by atoms with van der Waals surface area (Å²) in [6.07, 6.45) is -5.11. The average molecular weight is 621 g/mol. The van der Waals surface area contributed by atoms with Crippen LogP contribution in [-0.4, -0.2) is 61.6 Å². The number of nitrogens with one attached hydrogen (secondary N) is 1. The molecule has 6 atom stereocenters. The summed E-state index contributed by atoms with van der Waals surface area (Å²) in [5, 5.41) is 13.0. The summed E-state index contributed by atoms with van der Waals surface area (Å²) in [6.45, 7) is 0.850. The Balaban J connectivity index is 1.29. The number of esters is 1. The number of carbonyl (C=O) groups excluding carboxylic acids is 1. The summed E-state index contributed by atoms with van der Waals surface area (Å²) >= 11 is 5.90. The summed E-state index contributed by atoms with van der Waals surface area (Å²) in [5.74, 6) is -0.558. The van der Waals surface area contributed by atoms with E-state index >= 15 is 4.39 Å². The number of imidazole rings is 1. The molecule has 5 rings (SSSR count). The fourth-order valence-electron chi connectivity index (χ4n) is 4.19. The molecule has 0 amide bonds. The van der Waals surface area contributed by atoms with Crippen LogP contribution >= 0.6 is 19.3 Å². The normalized spacial score (nSPS) is 22.5. The number of nitrogen functional groups attached to an aromatic ring is 1. The molecule has 4 N–H and O–H groups in total. The highest BCUT2D eigenvalue weighted by atomic mass is 35.5. The zero-order valence-electron chi connectivity index (χ0n) is 22.1. The number of anilines is 1. The van der Waals surface area contributed by atoms with Gasteiger partial charge < -0.3 is 24.8 Å². The number of nitrogens with two attached hydrogens (primary N) is 1. The van der Waals surface area contributed by atoms with E-state index in [-0.39, 0.29) is 34.6 Å². The Bertz CT molecular complexity index is 1580. The topological polar surface area (TPSA) is 173 Å². The van der Waals surface area contributed by atoms with E-state index in [9.17, 15) is 14.5 Å². The van der Waals surface area contributed by atoms with Crippen molar-refractivity contribution in [3.63, 3.8) is 0 Å². The molecule has 222 valence electrons. The number of ether oxygens (including phenoxy) is 2. The lowest BCUT2D eigenvalue weighted by Crippen LogP contribution is -2.37. The molecule has 1 aliphatic rings. The Morgan fingerprint density at radius 2 is 1.90 bits per heavy atom. The van der Waals surface area contributed by atoms with Crippen LogP contribution in [0.3, 0.4) is 0 Å². The van der Waals surface area contributed by atoms with Crippen LogP contribution in [0.2, 0.25) is 5.28 Å². The number of rotatable bonds is 11. The Labute approximate surface area is 244 Å². The first-order valence-corrected chi connectivity index (χ1v) is 14.7. The van der Waals surface area contributed by atoms with Crippen LogP contribution in [0.1, 0.15) is 18.7 Å². The molecular formula is C26H27ClFN6O7P. The predicted molar refractivity (Wildman–Crippen MR) is 149 cm³/mol. The van der Waals surface area contributed by atoms with Gasteiger partial charge in [-0.2, -0.15) is 15.1 Å². The van der Waals surface area contributed by atoms with Crippen molar-refractivity contribution in [1.82, 2.24) is 24.6 Å². The van der Waals surface area contributed by atoms with Crippen molar-refractivity contribution in [3.05, 3.63) is 77.8 Å². The van der Waals surface area contributed by atoms with Gasteiger partial charge in [0.1, 0.15) is 36.1 Å². The second-order valence-electron chi connectivity index (χ2n) is 9.34. The first-order valence-electron chi connectivity index (χ1n) is 12.7. The number of fused-ring (bicyclic) bond motifs is 1. The van der Waals surface area contributed by atoms with Crippen LogP contribution in [0, 0.1) is 0 Å². The van der Waals surface area contributed by atoms with E-state index in [2.05, 4.69) is 20.0 Å². The number of nitrogens with zero attached hydrogens (tertiary/aromatic N) is 4. The van der Waals surface area contributed by atoms with Gasteiger partial charge in [-0.15, -0.1) is 0 Å². The number of carbonyl (C=O) groups is 1. The van der Waals surface area contributed by atoms with Crippen LogP contribution < -0.4 is 15.3 Å². The zero-order valence-corrected chi connectivity index (χ0v) is 23.8. The highest BCUT2D eigenvalue weighted by Gasteiger charge is 2.47. The van der Waals surface area contributed by atoms with Gasteiger partial charge in [-0.1, -0.05) is 48.5 Å². The highest BCUT2D eigenvalue weighted by molar-refractivity contribution is 7.52. The lowest BCUT2D eigenvalue weighted by molar-refractivity contribution is -0.146. The second-order valence-corrected chi connectivity index (χ2v) is 11.4. The Hall–Kier alpha value is -3.65. The van der Waals surface area contributed by atoms with Crippen molar-refractivity contribution in [3.8, 4) is 5.75 Å². The third kappa shape index (κ3) is 6.70.